The van der Waals surface area contributed by atoms with Crippen molar-refractivity contribution < 1.29 is 23.6 Å². The maximum absolute atomic E-state index is 13.7. The summed E-state index contributed by atoms with van der Waals surface area (Å²) in [4.78, 5) is 35.0. The number of piperidine rings is 1. The number of benzene rings is 1. The number of amides is 2. The highest BCUT2D eigenvalue weighted by atomic mass is 16.5. The first-order valence-electron chi connectivity index (χ1n) is 14.8. The van der Waals surface area contributed by atoms with E-state index in [0.717, 1.165) is 62.8 Å². The maximum atomic E-state index is 13.7. The molecule has 1 spiro atoms. The Kier molecular flexibility index (Phi) is 8.05. The average Bonchev–Trinajstić information content (AvgIpc) is 3.64. The summed E-state index contributed by atoms with van der Waals surface area (Å²) in [5.41, 5.74) is 2.49. The Morgan fingerprint density at radius 2 is 1.83 bits per heavy atom. The second kappa shape index (κ2) is 12.0. The lowest BCUT2D eigenvalue weighted by Gasteiger charge is -2.42. The van der Waals surface area contributed by atoms with E-state index in [1.807, 2.05) is 46.2 Å². The molecule has 0 unspecified atom stereocenters. The van der Waals surface area contributed by atoms with E-state index < -0.39 is 0 Å². The summed E-state index contributed by atoms with van der Waals surface area (Å²) in [6.07, 6.45) is 10.0. The molecule has 0 N–H and O–H groups in total. The van der Waals surface area contributed by atoms with Crippen molar-refractivity contribution in [3.05, 3.63) is 65.7 Å². The molecule has 216 valence electrons. The molecule has 3 aliphatic rings. The molecule has 9 heteroatoms. The largest absolute Gasteiger partial charge is 0.493 e. The summed E-state index contributed by atoms with van der Waals surface area (Å²) in [6.45, 7) is 5.66. The van der Waals surface area contributed by atoms with Crippen LogP contribution in [0.4, 0.5) is 0 Å². The number of likely N-dealkylation sites (tertiary alicyclic amines) is 1. The van der Waals surface area contributed by atoms with E-state index in [9.17, 15) is 9.59 Å². The van der Waals surface area contributed by atoms with Crippen LogP contribution in [0, 0.1) is 12.3 Å². The van der Waals surface area contributed by atoms with Crippen LogP contribution in [-0.4, -0.2) is 77.3 Å². The minimum absolute atomic E-state index is 0.0492. The van der Waals surface area contributed by atoms with E-state index >= 15 is 0 Å². The molecule has 0 saturated carbocycles. The SMILES string of the molecule is Cc1onc(-c2ccncc2)c1C(=O)N1CCC2(CCCCOC[C@@H]3CCCN3C(=O)c3cccc(c3)OC2)CC1. The van der Waals surface area contributed by atoms with Gasteiger partial charge in [-0.15, -0.1) is 0 Å². The van der Waals surface area contributed by atoms with Crippen molar-refractivity contribution in [1.82, 2.24) is 19.9 Å². The molecule has 3 aliphatic heterocycles. The van der Waals surface area contributed by atoms with Gasteiger partial charge in [0, 0.05) is 55.2 Å². The fourth-order valence-electron chi connectivity index (χ4n) is 6.46. The van der Waals surface area contributed by atoms with Crippen LogP contribution in [0.1, 0.15) is 71.4 Å². The van der Waals surface area contributed by atoms with Crippen molar-refractivity contribution in [3.63, 3.8) is 0 Å². The molecule has 0 aliphatic carbocycles. The maximum Gasteiger partial charge on any atom is 0.259 e. The Balaban J connectivity index is 1.17. The molecule has 9 nitrogen and oxygen atoms in total. The summed E-state index contributed by atoms with van der Waals surface area (Å²) in [6, 6.07) is 11.4. The van der Waals surface area contributed by atoms with Crippen LogP contribution in [0.25, 0.3) is 11.3 Å². The molecule has 6 rings (SSSR count). The summed E-state index contributed by atoms with van der Waals surface area (Å²) in [7, 11) is 0. The van der Waals surface area contributed by atoms with Gasteiger partial charge in [-0.25, -0.2) is 0 Å². The second-order valence-electron chi connectivity index (χ2n) is 11.6. The fraction of sp³-hybridized carbons (Fsp3) is 0.500. The van der Waals surface area contributed by atoms with E-state index in [1.165, 1.54) is 0 Å². The number of carbonyl (C=O) groups is 2. The van der Waals surface area contributed by atoms with E-state index in [4.69, 9.17) is 14.0 Å². The Bertz CT molecular complexity index is 1370. The highest BCUT2D eigenvalue weighted by molar-refractivity contribution is 6.00. The first-order chi connectivity index (χ1) is 20.0. The summed E-state index contributed by atoms with van der Waals surface area (Å²) < 4.78 is 17.9. The van der Waals surface area contributed by atoms with Gasteiger partial charge in [0.15, 0.2) is 0 Å². The van der Waals surface area contributed by atoms with Gasteiger partial charge in [0.1, 0.15) is 22.8 Å². The molecule has 1 aromatic carbocycles. The number of hydrogen-bond donors (Lipinski definition) is 0. The molecule has 2 saturated heterocycles. The lowest BCUT2D eigenvalue weighted by molar-refractivity contribution is 0.0332. The number of rotatable bonds is 2. The number of hydrogen-bond acceptors (Lipinski definition) is 7. The van der Waals surface area contributed by atoms with E-state index in [1.54, 1.807) is 19.3 Å². The fourth-order valence-corrected chi connectivity index (χ4v) is 6.46. The van der Waals surface area contributed by atoms with Crippen molar-refractivity contribution in [2.45, 2.75) is 57.9 Å². The minimum Gasteiger partial charge on any atom is -0.493 e. The molecule has 2 fully saturated rings. The Morgan fingerprint density at radius 1 is 1.00 bits per heavy atom. The number of aryl methyl sites for hydroxylation is 1. The van der Waals surface area contributed by atoms with Gasteiger partial charge in [0.25, 0.3) is 11.8 Å². The highest BCUT2D eigenvalue weighted by Gasteiger charge is 2.38. The number of ether oxygens (including phenoxy) is 2. The monoisotopic (exact) mass is 558 g/mol. The van der Waals surface area contributed by atoms with Crippen molar-refractivity contribution >= 4 is 11.8 Å². The zero-order valence-corrected chi connectivity index (χ0v) is 23.7. The van der Waals surface area contributed by atoms with Crippen molar-refractivity contribution in [2.75, 3.05) is 39.5 Å². The first-order valence-corrected chi connectivity index (χ1v) is 14.8. The van der Waals surface area contributed by atoms with Crippen LogP contribution in [0.3, 0.4) is 0 Å². The summed E-state index contributed by atoms with van der Waals surface area (Å²) in [5.74, 6) is 1.24. The minimum atomic E-state index is -0.0609. The van der Waals surface area contributed by atoms with Crippen LogP contribution >= 0.6 is 0 Å². The number of aromatic nitrogens is 2. The van der Waals surface area contributed by atoms with Gasteiger partial charge in [-0.2, -0.15) is 0 Å². The van der Waals surface area contributed by atoms with Crippen LogP contribution in [0.5, 0.6) is 5.75 Å². The zero-order chi connectivity index (χ0) is 28.2. The predicted molar refractivity (Wildman–Crippen MR) is 153 cm³/mol. The molecular weight excluding hydrogens is 520 g/mol. The van der Waals surface area contributed by atoms with Crippen LogP contribution < -0.4 is 4.74 Å². The van der Waals surface area contributed by atoms with Gasteiger partial charge in [-0.3, -0.25) is 14.6 Å². The average molecular weight is 559 g/mol. The molecule has 2 bridgehead atoms. The van der Waals surface area contributed by atoms with Crippen molar-refractivity contribution in [2.24, 2.45) is 5.41 Å². The Labute approximate surface area is 240 Å². The van der Waals surface area contributed by atoms with Crippen molar-refractivity contribution in [1.29, 1.82) is 0 Å². The lowest BCUT2D eigenvalue weighted by Crippen LogP contribution is -2.45. The molecular formula is C32H38N4O5. The number of pyridine rings is 1. The number of fused-ring (bicyclic) bond motifs is 3. The van der Waals surface area contributed by atoms with Gasteiger partial charge in [0.05, 0.1) is 19.3 Å². The Morgan fingerprint density at radius 3 is 2.66 bits per heavy atom. The van der Waals surface area contributed by atoms with Crippen LogP contribution in [0.2, 0.25) is 0 Å². The third-order valence-electron chi connectivity index (χ3n) is 8.96. The molecule has 41 heavy (non-hydrogen) atoms. The number of carbonyl (C=O) groups excluding carboxylic acids is 2. The van der Waals surface area contributed by atoms with Gasteiger partial charge >= 0.3 is 0 Å². The van der Waals surface area contributed by atoms with Gasteiger partial charge in [-0.05, 0) is 75.8 Å². The quantitative estimate of drug-likeness (QED) is 0.429. The molecule has 3 aromatic rings. The predicted octanol–water partition coefficient (Wildman–Crippen LogP) is 5.15. The third kappa shape index (κ3) is 5.86. The van der Waals surface area contributed by atoms with Gasteiger partial charge in [-0.1, -0.05) is 17.6 Å². The van der Waals surface area contributed by atoms with E-state index in [0.29, 0.717) is 55.5 Å². The standard InChI is InChI=1S/C32H38N4O5/c1-23-28(29(34-41-23)24-9-14-33-15-10-24)31(38)35-17-12-32(13-18-35)11-2-3-19-39-21-26-7-5-16-36(26)30(37)25-6-4-8-27(20-25)40-22-32/h4,6,8-10,14-15,20,26H,2-3,5,7,11-13,16-19,21-22H2,1H3/t26-/m0/s1. The first kappa shape index (κ1) is 27.4. The third-order valence-corrected chi connectivity index (χ3v) is 8.96. The molecule has 2 aromatic heterocycles. The van der Waals surface area contributed by atoms with Crippen molar-refractivity contribution in [3.8, 4) is 17.0 Å². The highest BCUT2D eigenvalue weighted by Crippen LogP contribution is 2.39. The van der Waals surface area contributed by atoms with E-state index in [-0.39, 0.29) is 23.3 Å². The van der Waals surface area contributed by atoms with Gasteiger partial charge in [0.2, 0.25) is 0 Å². The van der Waals surface area contributed by atoms with E-state index in [2.05, 4.69) is 10.1 Å². The normalized spacial score (nSPS) is 21.6. The van der Waals surface area contributed by atoms with Gasteiger partial charge < -0.3 is 23.8 Å². The topological polar surface area (TPSA) is 98.0 Å². The van der Waals surface area contributed by atoms with Crippen LogP contribution in [0.15, 0.2) is 53.3 Å². The Hall–Kier alpha value is -3.72. The number of nitrogens with zero attached hydrogens (tertiary/aromatic N) is 4. The lowest BCUT2D eigenvalue weighted by atomic mass is 9.75. The van der Waals surface area contributed by atoms with Crippen LogP contribution in [-0.2, 0) is 4.74 Å². The molecule has 5 heterocycles. The second-order valence-corrected chi connectivity index (χ2v) is 11.6. The smallest absolute Gasteiger partial charge is 0.259 e. The summed E-state index contributed by atoms with van der Waals surface area (Å²) >= 11 is 0. The molecule has 2 amide bonds. The molecule has 1 atom stereocenters. The zero-order valence-electron chi connectivity index (χ0n) is 23.7. The summed E-state index contributed by atoms with van der Waals surface area (Å²) in [5, 5.41) is 4.19. The molecule has 0 radical (unpaired) electrons.